The van der Waals surface area contributed by atoms with E-state index in [0.29, 0.717) is 5.92 Å². The molecule has 14 aromatic rings. The Morgan fingerprint density at radius 1 is 0.297 bits per heavy atom. The molecule has 0 spiro atoms. The van der Waals surface area contributed by atoms with Gasteiger partial charge in [-0.2, -0.15) is 121 Å². The molecule has 0 amide bonds. The fraction of sp³-hybridized carbons (Fsp3) is 0.252. The Labute approximate surface area is 808 Å². The minimum Gasteiger partial charge on any atom is -0.477 e. The molecule has 8 aliphatic rings. The van der Waals surface area contributed by atoms with E-state index >= 15 is 0 Å². The van der Waals surface area contributed by atoms with Crippen LogP contribution in [0.3, 0.4) is 0 Å². The third kappa shape index (κ3) is 18.8. The van der Waals surface area contributed by atoms with Gasteiger partial charge < -0.3 is 43.9 Å². The van der Waals surface area contributed by atoms with E-state index in [1.807, 2.05) is 164 Å². The Balaban J connectivity index is 0.000000131. The first-order valence-corrected chi connectivity index (χ1v) is 44.0. The van der Waals surface area contributed by atoms with E-state index in [0.717, 1.165) is 154 Å². The summed E-state index contributed by atoms with van der Waals surface area (Å²) < 4.78 is 5.92. The van der Waals surface area contributed by atoms with E-state index in [2.05, 4.69) is 258 Å². The molecule has 4 radical (unpaired) electrons. The van der Waals surface area contributed by atoms with Crippen molar-refractivity contribution in [2.45, 2.75) is 164 Å². The second kappa shape index (κ2) is 41.5. The predicted molar refractivity (Wildman–Crippen MR) is 497 cm³/mol. The number of aromatic nitrogens is 8. The minimum atomic E-state index is -0.124. The van der Waals surface area contributed by atoms with Crippen LogP contribution in [-0.2, 0) is 107 Å². The monoisotopic (exact) mass is 2400 g/mol. The number of nitrogens with zero attached hydrogens (tertiary/aromatic N) is 16. The molecule has 5 unspecified atom stereocenters. The van der Waals surface area contributed by atoms with Gasteiger partial charge in [-0.25, -0.2) is 39.9 Å². The van der Waals surface area contributed by atoms with Crippen LogP contribution in [0.2, 0.25) is 0 Å². The first-order chi connectivity index (χ1) is 61.0. The van der Waals surface area contributed by atoms with Crippen LogP contribution in [0, 0.1) is 50.9 Å². The SMILES string of the molecule is CC1(c2ccccc2)CCCCC1(C)c1cnc2c(n1)N(c1[c-]cccc1)[CH-]N2c1ccccc1.CC1(c2ccccc2)CCCCC1c1cnc2c(n1)N(c1[c-]cccc1)[CH-]N2c1ccccc1.CC1(c2cnc3c(n2)N(c2[c-]cccc2)[CH-]N3c2ccccc2)CCCCC1.[Ir].[Ir].[Ir].[Ir].[c-]1ccccc1N1[CH-]N(c2ccccc2)c2ncc(C3CCCCO3)nc21. The second-order valence-corrected chi connectivity index (χ2v) is 34.2. The molecule has 3 aliphatic carbocycles. The Bertz CT molecular complexity index is 5890. The maximum Gasteiger partial charge on any atom is 0.145 e. The van der Waals surface area contributed by atoms with Crippen molar-refractivity contribution in [1.29, 1.82) is 0 Å². The predicted octanol–water partition coefficient (Wildman–Crippen LogP) is 25.6. The van der Waals surface area contributed by atoms with Crippen molar-refractivity contribution < 1.29 is 85.2 Å². The molecule has 10 aromatic carbocycles. The molecular weight excluding hydrogens is 2290 g/mol. The van der Waals surface area contributed by atoms with Gasteiger partial charge in [-0.3, -0.25) is 0 Å². The molecule has 21 heteroatoms. The van der Waals surface area contributed by atoms with Crippen LogP contribution in [0.1, 0.15) is 176 Å². The van der Waals surface area contributed by atoms with Crippen LogP contribution < -0.4 is 39.2 Å². The average Bonchev–Trinajstić information content (AvgIpc) is 1.36. The molecule has 5 aliphatic heterocycles. The summed E-state index contributed by atoms with van der Waals surface area (Å²) in [6, 6.07) is 108. The number of ether oxygens (including phenoxy) is 1. The van der Waals surface area contributed by atoms with Gasteiger partial charge in [0.25, 0.3) is 0 Å². The molecule has 4 aromatic heterocycles. The van der Waals surface area contributed by atoms with Crippen LogP contribution in [0.15, 0.2) is 304 Å². The number of anilines is 16. The molecule has 9 heterocycles. The summed E-state index contributed by atoms with van der Waals surface area (Å²) >= 11 is 0. The minimum absolute atomic E-state index is 0. The zero-order chi connectivity index (χ0) is 83.9. The summed E-state index contributed by atoms with van der Waals surface area (Å²) in [4.78, 5) is 57.3. The molecule has 128 heavy (non-hydrogen) atoms. The number of hydrogen-bond donors (Lipinski definition) is 0. The number of hydrogen-bond acceptors (Lipinski definition) is 17. The number of fused-ring (bicyclic) bond motifs is 4. The molecule has 17 nitrogen and oxygen atoms in total. The molecule has 5 atom stereocenters. The summed E-state index contributed by atoms with van der Waals surface area (Å²) in [5, 5.41) is 0. The van der Waals surface area contributed by atoms with Crippen LogP contribution in [0.4, 0.5) is 92.0 Å². The molecule has 1 saturated heterocycles. The average molecular weight is 2400 g/mol. The second-order valence-electron chi connectivity index (χ2n) is 34.2. The van der Waals surface area contributed by atoms with Crippen LogP contribution >= 0.6 is 0 Å². The molecular formula is C107H102Ir4N16O-8. The Kier molecular flexibility index (Phi) is 29.9. The van der Waals surface area contributed by atoms with Gasteiger partial charge in [0, 0.05) is 137 Å². The van der Waals surface area contributed by atoms with Gasteiger partial charge in [0.1, 0.15) is 52.6 Å². The summed E-state index contributed by atoms with van der Waals surface area (Å²) in [5.74, 6) is 7.13. The van der Waals surface area contributed by atoms with Crippen molar-refractivity contribution in [3.05, 3.63) is 389 Å². The molecule has 0 N–H and O–H groups in total. The van der Waals surface area contributed by atoms with Gasteiger partial charge in [-0.15, -0.1) is 49.4 Å². The van der Waals surface area contributed by atoms with Gasteiger partial charge in [0.2, 0.25) is 0 Å². The molecule has 3 saturated carbocycles. The van der Waals surface area contributed by atoms with E-state index in [-0.39, 0.29) is 108 Å². The van der Waals surface area contributed by atoms with Gasteiger partial charge in [-0.05, 0) is 117 Å². The van der Waals surface area contributed by atoms with Crippen LogP contribution in [0.5, 0.6) is 0 Å². The van der Waals surface area contributed by atoms with Crippen LogP contribution in [0.25, 0.3) is 0 Å². The number of para-hydroxylation sites is 8. The Morgan fingerprint density at radius 3 is 1.04 bits per heavy atom. The summed E-state index contributed by atoms with van der Waals surface area (Å²) in [6.07, 6.45) is 26.9. The Hall–Kier alpha value is -10.5. The zero-order valence-corrected chi connectivity index (χ0v) is 81.8. The van der Waals surface area contributed by atoms with Gasteiger partial charge >= 0.3 is 0 Å². The summed E-state index contributed by atoms with van der Waals surface area (Å²) in [7, 11) is 0. The molecule has 22 rings (SSSR count). The Morgan fingerprint density at radius 2 is 0.633 bits per heavy atom. The van der Waals surface area contributed by atoms with Crippen molar-refractivity contribution in [2.75, 3.05) is 45.8 Å². The first kappa shape index (κ1) is 92.2. The summed E-state index contributed by atoms with van der Waals surface area (Å²) in [5.41, 5.74) is 15.0. The van der Waals surface area contributed by atoms with Gasteiger partial charge in [0.05, 0.1) is 47.6 Å². The van der Waals surface area contributed by atoms with Crippen LogP contribution in [-0.4, -0.2) is 46.5 Å². The quantitative estimate of drug-likeness (QED) is 0.0953. The van der Waals surface area contributed by atoms with Crippen molar-refractivity contribution in [2.24, 2.45) is 0 Å². The maximum absolute atomic E-state index is 5.92. The van der Waals surface area contributed by atoms with E-state index in [4.69, 9.17) is 44.6 Å². The van der Waals surface area contributed by atoms with E-state index in [1.165, 1.54) is 81.8 Å². The first-order valence-electron chi connectivity index (χ1n) is 44.0. The zero-order valence-electron chi connectivity index (χ0n) is 72.2. The smallest absolute Gasteiger partial charge is 0.145 e. The molecule has 660 valence electrons. The van der Waals surface area contributed by atoms with Gasteiger partial charge in [-0.1, -0.05) is 206 Å². The van der Waals surface area contributed by atoms with E-state index < -0.39 is 0 Å². The normalized spacial score (nSPS) is 20.4. The fourth-order valence-electron chi connectivity index (χ4n) is 19.3. The molecule has 0 bridgehead atoms. The van der Waals surface area contributed by atoms with Gasteiger partial charge in [0.15, 0.2) is 0 Å². The third-order valence-corrected chi connectivity index (χ3v) is 26.6. The standard InChI is InChI=1S/C31H30N4.C30H28N4.C24H24N4.C22H20N4O.4Ir/c1-30(24-14-6-3-7-15-24)20-12-13-21-31(30,2)27-22-32-28-29(33-27)35(26-18-10-5-11-19-26)23-34(28)25-16-8-4-9-17-25;1-30(23-13-5-2-6-14-23)20-12-11-19-26(30)27-21-31-28-29(32-27)34(25-17-9-4-10-18-25)22-33(28)24-15-7-3-8-16-24;1-24(15-9-4-10-16-24)21-17-25-22-23(26-21)28(20-13-7-3-8-14-20)18-27(22)19-11-5-2-6-12-19;1-3-9-17(10-4-1)25-16-26(18-11-5-2-6-12-18)22-21(25)23-15-19(24-22)20-13-7-8-14-27-20;;;;/h3-11,14-18,22-23H,12-13,20-21H2,1-2H3;2-10,13-17,21-22,26H,11-12,19-20H2,1H3;2-3,5-8,11-13,17-18H,4,9-10,15-16H2,1H3;1-6,9-11,15-16,20H,7-8,13-14H2;;;;/q4*-2;;;;. The van der Waals surface area contributed by atoms with Crippen molar-refractivity contribution in [1.82, 2.24) is 39.9 Å². The molecule has 4 fully saturated rings. The van der Waals surface area contributed by atoms with Crippen molar-refractivity contribution in [3.63, 3.8) is 0 Å². The third-order valence-electron chi connectivity index (χ3n) is 26.6. The number of benzene rings is 10. The van der Waals surface area contributed by atoms with Crippen molar-refractivity contribution >= 4 is 92.0 Å². The van der Waals surface area contributed by atoms with Crippen molar-refractivity contribution in [3.8, 4) is 0 Å². The number of rotatable bonds is 14. The topological polar surface area (TPSA) is 138 Å². The van der Waals surface area contributed by atoms with E-state index in [1.54, 1.807) is 0 Å². The van der Waals surface area contributed by atoms with E-state index in [9.17, 15) is 0 Å². The summed E-state index contributed by atoms with van der Waals surface area (Å²) in [6.45, 7) is 18.6. The maximum atomic E-state index is 5.92. The largest absolute Gasteiger partial charge is 0.477 e. The fourth-order valence-corrected chi connectivity index (χ4v) is 19.3.